The Balaban J connectivity index is 1.19. The fraction of sp³-hybridized carbons (Fsp3) is 0.350. The highest BCUT2D eigenvalue weighted by Crippen LogP contribution is 2.29. The Morgan fingerprint density at radius 2 is 1.93 bits per heavy atom. The Morgan fingerprint density at radius 1 is 1.11 bits per heavy atom. The number of para-hydroxylation sites is 1. The number of piperazine rings is 1. The minimum atomic E-state index is 0.275. The van der Waals surface area contributed by atoms with Crippen molar-refractivity contribution < 1.29 is 9.78 Å². The quantitative estimate of drug-likeness (QED) is 0.471. The summed E-state index contributed by atoms with van der Waals surface area (Å²) in [5, 5.41) is 0. The summed E-state index contributed by atoms with van der Waals surface area (Å²) in [6, 6.07) is 14.3. The number of nitrogens with one attached hydrogen (secondary N) is 1. The fourth-order valence-corrected chi connectivity index (χ4v) is 5.31. The van der Waals surface area contributed by atoms with Crippen molar-refractivity contribution in [2.75, 3.05) is 36.8 Å². The topological polar surface area (TPSA) is 50.6 Å². The molecular formula is C20H23N4OS2+. The zero-order valence-corrected chi connectivity index (χ0v) is 16.8. The third-order valence-electron chi connectivity index (χ3n) is 4.70. The van der Waals surface area contributed by atoms with Gasteiger partial charge in [-0.3, -0.25) is 9.69 Å². The maximum absolute atomic E-state index is 12.5. The van der Waals surface area contributed by atoms with E-state index in [4.69, 9.17) is 0 Å². The molecule has 1 aliphatic rings. The Kier molecular flexibility index (Phi) is 5.89. The molecule has 0 bridgehead atoms. The Hall–Kier alpha value is -2.12. The monoisotopic (exact) mass is 399 g/mol. The van der Waals surface area contributed by atoms with Gasteiger partial charge < -0.3 is 4.90 Å². The number of H-pyrrole nitrogens is 1. The van der Waals surface area contributed by atoms with Crippen LogP contribution in [-0.2, 0) is 4.79 Å². The SMILES string of the molecule is O=C(CCCSc1nc2ccccc2s1)N1CCN(c2cccc[nH+]2)CC1. The number of hydrogen-bond donors (Lipinski definition) is 0. The van der Waals surface area contributed by atoms with E-state index in [9.17, 15) is 4.79 Å². The number of thiazole rings is 1. The van der Waals surface area contributed by atoms with Crippen molar-refractivity contribution in [3.8, 4) is 0 Å². The molecule has 5 nitrogen and oxygen atoms in total. The first-order valence-corrected chi connectivity index (χ1v) is 11.1. The summed E-state index contributed by atoms with van der Waals surface area (Å²) >= 11 is 3.49. The van der Waals surface area contributed by atoms with E-state index < -0.39 is 0 Å². The average Bonchev–Trinajstić information content (AvgIpc) is 3.15. The summed E-state index contributed by atoms with van der Waals surface area (Å²) in [5.41, 5.74) is 1.06. The zero-order valence-electron chi connectivity index (χ0n) is 15.1. The first kappa shape index (κ1) is 18.3. The van der Waals surface area contributed by atoms with Gasteiger partial charge in [-0.25, -0.2) is 9.97 Å². The van der Waals surface area contributed by atoms with E-state index in [2.05, 4.69) is 27.0 Å². The van der Waals surface area contributed by atoms with E-state index in [0.717, 1.165) is 54.0 Å². The van der Waals surface area contributed by atoms with Crippen LogP contribution in [0, 0.1) is 0 Å². The second kappa shape index (κ2) is 8.71. The van der Waals surface area contributed by atoms with Crippen LogP contribution in [-0.4, -0.2) is 47.7 Å². The summed E-state index contributed by atoms with van der Waals surface area (Å²) in [7, 11) is 0. The van der Waals surface area contributed by atoms with Gasteiger partial charge in [0.25, 0.3) is 5.82 Å². The van der Waals surface area contributed by atoms with E-state index in [1.807, 2.05) is 41.4 Å². The molecule has 4 rings (SSSR count). The Morgan fingerprint density at radius 3 is 2.70 bits per heavy atom. The number of pyridine rings is 1. The molecule has 0 saturated carbocycles. The van der Waals surface area contributed by atoms with Gasteiger partial charge in [-0.2, -0.15) is 0 Å². The highest BCUT2D eigenvalue weighted by molar-refractivity contribution is 8.01. The van der Waals surface area contributed by atoms with Crippen molar-refractivity contribution in [2.45, 2.75) is 17.2 Å². The van der Waals surface area contributed by atoms with Crippen LogP contribution in [0.25, 0.3) is 10.2 Å². The van der Waals surface area contributed by atoms with E-state index in [1.165, 1.54) is 4.70 Å². The van der Waals surface area contributed by atoms with Gasteiger partial charge in [-0.05, 0) is 24.6 Å². The molecule has 0 aliphatic carbocycles. The molecule has 0 radical (unpaired) electrons. The van der Waals surface area contributed by atoms with Crippen LogP contribution in [0.3, 0.4) is 0 Å². The standard InChI is InChI=1S/C20H22N4OS2/c25-19(24-13-11-23(12-14-24)18-8-3-4-10-21-18)9-5-15-26-20-22-16-6-1-2-7-17(16)27-20/h1-4,6-8,10H,5,9,11-15H2/p+1. The number of nitrogens with zero attached hydrogens (tertiary/aromatic N) is 3. The summed E-state index contributed by atoms with van der Waals surface area (Å²) in [6.07, 6.45) is 3.46. The summed E-state index contributed by atoms with van der Waals surface area (Å²) in [6.45, 7) is 3.36. The van der Waals surface area contributed by atoms with Crippen molar-refractivity contribution in [1.29, 1.82) is 0 Å². The van der Waals surface area contributed by atoms with Crippen molar-refractivity contribution in [3.05, 3.63) is 48.7 Å². The third kappa shape index (κ3) is 4.59. The minimum Gasteiger partial charge on any atom is -0.335 e. The van der Waals surface area contributed by atoms with Gasteiger partial charge in [0, 0.05) is 18.2 Å². The zero-order chi connectivity index (χ0) is 18.5. The molecular weight excluding hydrogens is 376 g/mol. The molecule has 3 heterocycles. The molecule has 1 amide bonds. The fourth-order valence-electron chi connectivity index (χ4n) is 3.23. The lowest BCUT2D eigenvalue weighted by Crippen LogP contribution is -2.50. The van der Waals surface area contributed by atoms with Crippen molar-refractivity contribution in [1.82, 2.24) is 9.88 Å². The molecule has 1 saturated heterocycles. The van der Waals surface area contributed by atoms with E-state index >= 15 is 0 Å². The largest absolute Gasteiger partial charge is 0.335 e. The van der Waals surface area contributed by atoms with Crippen LogP contribution in [0.4, 0.5) is 5.82 Å². The molecule has 27 heavy (non-hydrogen) atoms. The highest BCUT2D eigenvalue weighted by Gasteiger charge is 2.25. The van der Waals surface area contributed by atoms with Crippen LogP contribution in [0.5, 0.6) is 0 Å². The van der Waals surface area contributed by atoms with Crippen LogP contribution in [0.15, 0.2) is 53.0 Å². The lowest BCUT2D eigenvalue weighted by atomic mass is 10.2. The third-order valence-corrected chi connectivity index (χ3v) is 6.97. The second-order valence-corrected chi connectivity index (χ2v) is 8.89. The van der Waals surface area contributed by atoms with Gasteiger partial charge in [0.05, 0.1) is 29.5 Å². The molecule has 0 atom stereocenters. The molecule has 1 aromatic carbocycles. The lowest BCUT2D eigenvalue weighted by molar-refractivity contribution is -0.364. The number of thioether (sulfide) groups is 1. The number of rotatable bonds is 6. The van der Waals surface area contributed by atoms with Crippen molar-refractivity contribution in [2.24, 2.45) is 0 Å². The molecule has 1 N–H and O–H groups in total. The van der Waals surface area contributed by atoms with Gasteiger partial charge in [0.15, 0.2) is 4.34 Å². The second-order valence-electron chi connectivity index (χ2n) is 6.52. The normalized spacial score (nSPS) is 14.7. The highest BCUT2D eigenvalue weighted by atomic mass is 32.2. The number of fused-ring (bicyclic) bond motifs is 1. The predicted molar refractivity (Wildman–Crippen MR) is 111 cm³/mol. The van der Waals surface area contributed by atoms with E-state index in [0.29, 0.717) is 6.42 Å². The van der Waals surface area contributed by atoms with Crippen LogP contribution >= 0.6 is 23.1 Å². The summed E-state index contributed by atoms with van der Waals surface area (Å²) in [4.78, 5) is 24.7. The van der Waals surface area contributed by atoms with Crippen molar-refractivity contribution in [3.63, 3.8) is 0 Å². The molecule has 1 aliphatic heterocycles. The van der Waals surface area contributed by atoms with Gasteiger partial charge in [-0.15, -0.1) is 11.3 Å². The molecule has 0 spiro atoms. The maximum Gasteiger partial charge on any atom is 0.274 e. The van der Waals surface area contributed by atoms with Crippen LogP contribution in [0.1, 0.15) is 12.8 Å². The Labute approximate surface area is 167 Å². The Bertz CT molecular complexity index is 858. The number of aromatic amines is 1. The van der Waals surface area contributed by atoms with Gasteiger partial charge in [0.1, 0.15) is 13.1 Å². The maximum atomic E-state index is 12.5. The molecule has 2 aromatic heterocycles. The number of carbonyl (C=O) groups excluding carboxylic acids is 1. The first-order chi connectivity index (χ1) is 13.3. The summed E-state index contributed by atoms with van der Waals surface area (Å²) in [5.74, 6) is 2.33. The van der Waals surface area contributed by atoms with Crippen LogP contribution < -0.4 is 9.88 Å². The van der Waals surface area contributed by atoms with Gasteiger partial charge >= 0.3 is 0 Å². The van der Waals surface area contributed by atoms with Crippen LogP contribution in [0.2, 0.25) is 0 Å². The van der Waals surface area contributed by atoms with Crippen molar-refractivity contribution >= 4 is 45.0 Å². The number of carbonyl (C=O) groups is 1. The number of aromatic nitrogens is 2. The molecule has 0 unspecified atom stereocenters. The lowest BCUT2D eigenvalue weighted by Gasteiger charge is -2.31. The first-order valence-electron chi connectivity index (χ1n) is 9.27. The molecule has 1 fully saturated rings. The number of anilines is 1. The number of benzene rings is 1. The minimum absolute atomic E-state index is 0.275. The van der Waals surface area contributed by atoms with E-state index in [1.54, 1.807) is 23.1 Å². The number of hydrogen-bond acceptors (Lipinski definition) is 5. The predicted octanol–water partition coefficient (Wildman–Crippen LogP) is 3.33. The van der Waals surface area contributed by atoms with E-state index in [-0.39, 0.29) is 5.91 Å². The summed E-state index contributed by atoms with van der Waals surface area (Å²) < 4.78 is 2.32. The van der Waals surface area contributed by atoms with Gasteiger partial charge in [0.2, 0.25) is 5.91 Å². The molecule has 140 valence electrons. The number of amides is 1. The van der Waals surface area contributed by atoms with Gasteiger partial charge in [-0.1, -0.05) is 30.0 Å². The smallest absolute Gasteiger partial charge is 0.274 e. The molecule has 3 aromatic rings. The average molecular weight is 400 g/mol. The molecule has 7 heteroatoms.